The second-order valence-electron chi connectivity index (χ2n) is 4.30. The van der Waals surface area contributed by atoms with Crippen molar-refractivity contribution in [3.63, 3.8) is 0 Å². The summed E-state index contributed by atoms with van der Waals surface area (Å²) in [6, 6.07) is 4.88. The second-order valence-corrected chi connectivity index (χ2v) is 4.30. The average molecular weight is 241 g/mol. The lowest BCUT2D eigenvalue weighted by Gasteiger charge is -2.27. The van der Waals surface area contributed by atoms with E-state index in [1.165, 1.54) is 6.07 Å². The number of rotatable bonds is 5. The van der Waals surface area contributed by atoms with Crippen LogP contribution in [-0.4, -0.2) is 31.9 Å². The van der Waals surface area contributed by atoms with Crippen LogP contribution in [0.5, 0.6) is 0 Å². The maximum atomic E-state index is 13.9. The Kier molecular flexibility index (Phi) is 4.90. The first kappa shape index (κ1) is 13.9. The van der Waals surface area contributed by atoms with Gasteiger partial charge in [-0.1, -0.05) is 6.07 Å². The molecule has 1 rings (SSSR count). The van der Waals surface area contributed by atoms with Gasteiger partial charge in [0, 0.05) is 20.2 Å². The highest BCUT2D eigenvalue weighted by Crippen LogP contribution is 2.23. The zero-order valence-electron chi connectivity index (χ0n) is 10.8. The first-order valence-electron chi connectivity index (χ1n) is 5.66. The fraction of sp³-hybridized carbons (Fsp3) is 0.538. The molecule has 0 amide bonds. The third kappa shape index (κ3) is 3.41. The molecule has 1 unspecified atom stereocenters. The van der Waals surface area contributed by atoms with Gasteiger partial charge in [0.2, 0.25) is 0 Å². The first-order valence-corrected chi connectivity index (χ1v) is 5.66. The SMILES string of the molecule is COCC(C)N(C)c1ccc([C@@H](C)O)cc1F. The van der Waals surface area contributed by atoms with Gasteiger partial charge < -0.3 is 14.7 Å². The number of halogens is 1. The van der Waals surface area contributed by atoms with E-state index in [0.29, 0.717) is 17.9 Å². The quantitative estimate of drug-likeness (QED) is 0.859. The van der Waals surface area contributed by atoms with Crippen LogP contribution in [0.3, 0.4) is 0 Å². The number of nitrogens with zero attached hydrogens (tertiary/aromatic N) is 1. The van der Waals surface area contributed by atoms with Crippen molar-refractivity contribution in [3.8, 4) is 0 Å². The van der Waals surface area contributed by atoms with E-state index in [0.717, 1.165) is 0 Å². The van der Waals surface area contributed by atoms with Gasteiger partial charge in [0.15, 0.2) is 0 Å². The van der Waals surface area contributed by atoms with Gasteiger partial charge in [0.25, 0.3) is 0 Å². The highest BCUT2D eigenvalue weighted by atomic mass is 19.1. The Hall–Kier alpha value is -1.13. The summed E-state index contributed by atoms with van der Waals surface area (Å²) < 4.78 is 18.9. The molecule has 1 aromatic carbocycles. The molecule has 2 atom stereocenters. The molecule has 0 spiro atoms. The molecule has 0 aromatic heterocycles. The molecule has 0 aliphatic heterocycles. The molecule has 4 heteroatoms. The molecule has 0 aliphatic carbocycles. The largest absolute Gasteiger partial charge is 0.389 e. The minimum absolute atomic E-state index is 0.0897. The number of hydrogen-bond donors (Lipinski definition) is 1. The molecule has 1 N–H and O–H groups in total. The molecule has 0 saturated carbocycles. The number of likely N-dealkylation sites (N-methyl/N-ethyl adjacent to an activating group) is 1. The molecular weight excluding hydrogens is 221 g/mol. The lowest BCUT2D eigenvalue weighted by molar-refractivity contribution is 0.183. The van der Waals surface area contributed by atoms with Crippen LogP contribution in [0.1, 0.15) is 25.5 Å². The van der Waals surface area contributed by atoms with E-state index in [1.54, 1.807) is 26.2 Å². The molecule has 17 heavy (non-hydrogen) atoms. The Morgan fingerprint density at radius 3 is 2.53 bits per heavy atom. The van der Waals surface area contributed by atoms with E-state index in [4.69, 9.17) is 4.74 Å². The molecule has 0 saturated heterocycles. The van der Waals surface area contributed by atoms with E-state index < -0.39 is 6.10 Å². The summed E-state index contributed by atoms with van der Waals surface area (Å²) in [7, 11) is 3.45. The van der Waals surface area contributed by atoms with E-state index in [2.05, 4.69) is 0 Å². The molecule has 0 radical (unpaired) electrons. The van der Waals surface area contributed by atoms with Crippen molar-refractivity contribution >= 4 is 5.69 Å². The van der Waals surface area contributed by atoms with Crippen LogP contribution in [0.2, 0.25) is 0 Å². The van der Waals surface area contributed by atoms with Crippen molar-refractivity contribution in [3.05, 3.63) is 29.6 Å². The lowest BCUT2D eigenvalue weighted by Crippen LogP contribution is -2.33. The number of ether oxygens (including phenoxy) is 1. The van der Waals surface area contributed by atoms with Gasteiger partial charge in [-0.15, -0.1) is 0 Å². The van der Waals surface area contributed by atoms with Crippen molar-refractivity contribution in [2.75, 3.05) is 25.7 Å². The summed E-state index contributed by atoms with van der Waals surface area (Å²) in [4.78, 5) is 1.82. The highest BCUT2D eigenvalue weighted by Gasteiger charge is 2.14. The predicted octanol–water partition coefficient (Wildman–Crippen LogP) is 2.35. The van der Waals surface area contributed by atoms with Crippen LogP contribution in [-0.2, 0) is 4.74 Å². The van der Waals surface area contributed by atoms with Crippen LogP contribution in [0.15, 0.2) is 18.2 Å². The summed E-state index contributed by atoms with van der Waals surface area (Å²) in [5.41, 5.74) is 1.10. The van der Waals surface area contributed by atoms with Crippen LogP contribution in [0, 0.1) is 5.82 Å². The molecule has 96 valence electrons. The van der Waals surface area contributed by atoms with E-state index in [-0.39, 0.29) is 11.9 Å². The molecule has 1 aromatic rings. The highest BCUT2D eigenvalue weighted by molar-refractivity contribution is 5.49. The lowest BCUT2D eigenvalue weighted by atomic mass is 10.1. The van der Waals surface area contributed by atoms with Crippen molar-refractivity contribution < 1.29 is 14.2 Å². The Balaban J connectivity index is 2.91. The number of hydrogen-bond acceptors (Lipinski definition) is 3. The number of anilines is 1. The van der Waals surface area contributed by atoms with Gasteiger partial charge in [0.1, 0.15) is 5.82 Å². The number of benzene rings is 1. The zero-order valence-corrected chi connectivity index (χ0v) is 10.8. The van der Waals surface area contributed by atoms with Crippen LogP contribution in [0.25, 0.3) is 0 Å². The summed E-state index contributed by atoms with van der Waals surface area (Å²) in [6.45, 7) is 4.12. The van der Waals surface area contributed by atoms with Gasteiger partial charge in [-0.3, -0.25) is 0 Å². The zero-order chi connectivity index (χ0) is 13.0. The number of methoxy groups -OCH3 is 1. The fourth-order valence-electron chi connectivity index (χ4n) is 1.66. The maximum absolute atomic E-state index is 13.9. The monoisotopic (exact) mass is 241 g/mol. The Labute approximate surface area is 102 Å². The molecular formula is C13H20FNO2. The number of aliphatic hydroxyl groups excluding tert-OH is 1. The van der Waals surface area contributed by atoms with Crippen LogP contribution < -0.4 is 4.90 Å². The van der Waals surface area contributed by atoms with E-state index >= 15 is 0 Å². The predicted molar refractivity (Wildman–Crippen MR) is 66.8 cm³/mol. The number of aliphatic hydroxyl groups is 1. The molecule has 0 bridgehead atoms. The van der Waals surface area contributed by atoms with Crippen molar-refractivity contribution in [1.82, 2.24) is 0 Å². The maximum Gasteiger partial charge on any atom is 0.146 e. The minimum atomic E-state index is -0.653. The third-order valence-electron chi connectivity index (χ3n) is 2.90. The van der Waals surface area contributed by atoms with Crippen molar-refractivity contribution in [2.45, 2.75) is 26.0 Å². The van der Waals surface area contributed by atoms with Gasteiger partial charge in [0.05, 0.1) is 18.4 Å². The summed E-state index contributed by atoms with van der Waals surface area (Å²) >= 11 is 0. The molecule has 0 aliphatic rings. The molecule has 0 heterocycles. The molecule has 3 nitrogen and oxygen atoms in total. The Morgan fingerprint density at radius 1 is 1.41 bits per heavy atom. The van der Waals surface area contributed by atoms with Crippen molar-refractivity contribution in [1.29, 1.82) is 0 Å². The van der Waals surface area contributed by atoms with Crippen LogP contribution >= 0.6 is 0 Å². The first-order chi connectivity index (χ1) is 7.97. The van der Waals surface area contributed by atoms with Gasteiger partial charge in [-0.05, 0) is 31.5 Å². The summed E-state index contributed by atoms with van der Waals surface area (Å²) in [6.07, 6.45) is -0.653. The standard InChI is InChI=1S/C13H20FNO2/c1-9(8-17-4)15(3)13-6-5-11(10(2)16)7-12(13)14/h5-7,9-10,16H,8H2,1-4H3/t9?,10-/m1/s1. The summed E-state index contributed by atoms with van der Waals surface area (Å²) in [5, 5.41) is 9.37. The van der Waals surface area contributed by atoms with Gasteiger partial charge in [-0.2, -0.15) is 0 Å². The van der Waals surface area contributed by atoms with Gasteiger partial charge >= 0.3 is 0 Å². The van der Waals surface area contributed by atoms with Crippen molar-refractivity contribution in [2.24, 2.45) is 0 Å². The fourth-order valence-corrected chi connectivity index (χ4v) is 1.66. The topological polar surface area (TPSA) is 32.7 Å². The minimum Gasteiger partial charge on any atom is -0.389 e. The van der Waals surface area contributed by atoms with E-state index in [9.17, 15) is 9.50 Å². The second kappa shape index (κ2) is 5.98. The average Bonchev–Trinajstić information content (AvgIpc) is 2.28. The Morgan fingerprint density at radius 2 is 2.06 bits per heavy atom. The summed E-state index contributed by atoms with van der Waals surface area (Å²) in [5.74, 6) is -0.325. The third-order valence-corrected chi connectivity index (χ3v) is 2.90. The van der Waals surface area contributed by atoms with Crippen LogP contribution in [0.4, 0.5) is 10.1 Å². The van der Waals surface area contributed by atoms with Gasteiger partial charge in [-0.25, -0.2) is 4.39 Å². The molecule has 0 fully saturated rings. The Bertz CT molecular complexity index is 368. The normalized spacial score (nSPS) is 14.5. The van der Waals surface area contributed by atoms with E-state index in [1.807, 2.05) is 18.9 Å². The smallest absolute Gasteiger partial charge is 0.146 e.